The molecule has 4 heteroatoms. The van der Waals surface area contributed by atoms with E-state index in [0.29, 0.717) is 6.54 Å². The molecule has 0 bridgehead atoms. The molecule has 2 rings (SSSR count). The Hall–Kier alpha value is -0.160. The average Bonchev–Trinajstić information content (AvgIpc) is 3.19. The van der Waals surface area contributed by atoms with Gasteiger partial charge in [-0.3, -0.25) is 4.90 Å². The molecule has 1 unspecified atom stereocenters. The van der Waals surface area contributed by atoms with Crippen molar-refractivity contribution in [1.82, 2.24) is 4.90 Å². The summed E-state index contributed by atoms with van der Waals surface area (Å²) in [4.78, 5) is 2.33. The Morgan fingerprint density at radius 2 is 2.29 bits per heavy atom. The largest absolute Gasteiger partial charge is 0.380 e. The van der Waals surface area contributed by atoms with Crippen molar-refractivity contribution in [3.05, 3.63) is 0 Å². The van der Waals surface area contributed by atoms with E-state index in [2.05, 4.69) is 11.9 Å². The fourth-order valence-electron chi connectivity index (χ4n) is 2.43. The summed E-state index contributed by atoms with van der Waals surface area (Å²) in [6, 6.07) is 0. The average molecular weight is 242 g/mol. The van der Waals surface area contributed by atoms with Gasteiger partial charge in [-0.25, -0.2) is 0 Å². The molecule has 0 aromatic carbocycles. The minimum Gasteiger partial charge on any atom is -0.380 e. The van der Waals surface area contributed by atoms with Crippen LogP contribution in [0.1, 0.15) is 25.7 Å². The van der Waals surface area contributed by atoms with E-state index in [1.54, 1.807) is 0 Å². The first-order valence-electron chi connectivity index (χ1n) is 6.84. The summed E-state index contributed by atoms with van der Waals surface area (Å²) in [7, 11) is 2.14. The molecule has 4 nitrogen and oxygen atoms in total. The number of likely N-dealkylation sites (N-methyl/N-ethyl adjacent to an activating group) is 1. The molecule has 1 aliphatic heterocycles. The monoisotopic (exact) mass is 242 g/mol. The molecular weight excluding hydrogens is 216 g/mol. The summed E-state index contributed by atoms with van der Waals surface area (Å²) in [6.07, 6.45) is 4.97. The third kappa shape index (κ3) is 3.65. The molecule has 1 aliphatic carbocycles. The lowest BCUT2D eigenvalue weighted by Crippen LogP contribution is -2.57. The highest BCUT2D eigenvalue weighted by atomic mass is 16.5. The fraction of sp³-hybridized carbons (Fsp3) is 1.00. The van der Waals surface area contributed by atoms with Crippen molar-refractivity contribution in [2.24, 2.45) is 11.7 Å². The van der Waals surface area contributed by atoms with Crippen molar-refractivity contribution >= 4 is 0 Å². The maximum Gasteiger partial charge on any atom is 0.0662 e. The Balaban J connectivity index is 1.69. The fourth-order valence-corrected chi connectivity index (χ4v) is 2.43. The Kier molecular flexibility index (Phi) is 4.79. The standard InChI is InChI=1S/C13H26N2O2/c1-15(6-8-16-9-12-3-4-12)13(10-14)5-2-7-17-11-13/h12H,2-11,14H2,1H3. The molecular formula is C13H26N2O2. The summed E-state index contributed by atoms with van der Waals surface area (Å²) >= 11 is 0. The Morgan fingerprint density at radius 3 is 2.88 bits per heavy atom. The van der Waals surface area contributed by atoms with Crippen LogP contribution in [0.4, 0.5) is 0 Å². The van der Waals surface area contributed by atoms with Crippen LogP contribution in [0.2, 0.25) is 0 Å². The van der Waals surface area contributed by atoms with Crippen LogP contribution in [0.5, 0.6) is 0 Å². The first kappa shape index (κ1) is 13.3. The summed E-state index contributed by atoms with van der Waals surface area (Å²) in [5.74, 6) is 0.849. The van der Waals surface area contributed by atoms with Crippen LogP contribution >= 0.6 is 0 Å². The second-order valence-corrected chi connectivity index (χ2v) is 5.52. The van der Waals surface area contributed by atoms with Gasteiger partial charge >= 0.3 is 0 Å². The van der Waals surface area contributed by atoms with Gasteiger partial charge in [0.1, 0.15) is 0 Å². The van der Waals surface area contributed by atoms with Gasteiger partial charge in [0.2, 0.25) is 0 Å². The number of hydrogen-bond donors (Lipinski definition) is 1. The second kappa shape index (κ2) is 6.14. The van der Waals surface area contributed by atoms with Crippen molar-refractivity contribution in [1.29, 1.82) is 0 Å². The molecule has 0 aromatic rings. The highest BCUT2D eigenvalue weighted by Gasteiger charge is 2.35. The maximum absolute atomic E-state index is 5.94. The Bertz CT molecular complexity index is 225. The first-order valence-corrected chi connectivity index (χ1v) is 6.84. The third-order valence-corrected chi connectivity index (χ3v) is 4.11. The number of nitrogens with zero attached hydrogens (tertiary/aromatic N) is 1. The van der Waals surface area contributed by atoms with Gasteiger partial charge in [0.15, 0.2) is 0 Å². The van der Waals surface area contributed by atoms with E-state index in [1.165, 1.54) is 12.8 Å². The van der Waals surface area contributed by atoms with Gasteiger partial charge in [0.05, 0.1) is 18.8 Å². The molecule has 1 atom stereocenters. The molecule has 17 heavy (non-hydrogen) atoms. The summed E-state index contributed by atoms with van der Waals surface area (Å²) < 4.78 is 11.3. The Morgan fingerprint density at radius 1 is 1.47 bits per heavy atom. The maximum atomic E-state index is 5.94. The smallest absolute Gasteiger partial charge is 0.0662 e. The number of rotatable bonds is 7. The normalized spacial score (nSPS) is 29.8. The molecule has 2 N–H and O–H groups in total. The lowest BCUT2D eigenvalue weighted by atomic mass is 9.91. The SMILES string of the molecule is CN(CCOCC1CC1)C1(CN)CCCOC1. The van der Waals surface area contributed by atoms with E-state index >= 15 is 0 Å². The minimum atomic E-state index is 0.0428. The highest BCUT2D eigenvalue weighted by Crippen LogP contribution is 2.29. The molecule has 1 heterocycles. The van der Waals surface area contributed by atoms with E-state index in [1.807, 2.05) is 0 Å². The van der Waals surface area contributed by atoms with Crippen LogP contribution in [-0.2, 0) is 9.47 Å². The molecule has 0 amide bonds. The zero-order valence-corrected chi connectivity index (χ0v) is 11.0. The quantitative estimate of drug-likeness (QED) is 0.673. The van der Waals surface area contributed by atoms with Crippen molar-refractivity contribution in [2.75, 3.05) is 46.6 Å². The van der Waals surface area contributed by atoms with Crippen LogP contribution < -0.4 is 5.73 Å². The predicted molar refractivity (Wildman–Crippen MR) is 68.0 cm³/mol. The molecule has 0 radical (unpaired) electrons. The van der Waals surface area contributed by atoms with Gasteiger partial charge in [-0.05, 0) is 38.6 Å². The van der Waals surface area contributed by atoms with Gasteiger partial charge < -0.3 is 15.2 Å². The van der Waals surface area contributed by atoms with Crippen LogP contribution in [0.3, 0.4) is 0 Å². The number of ether oxygens (including phenoxy) is 2. The molecule has 0 aromatic heterocycles. The third-order valence-electron chi connectivity index (χ3n) is 4.11. The summed E-state index contributed by atoms with van der Waals surface area (Å²) in [5.41, 5.74) is 5.98. The van der Waals surface area contributed by atoms with Crippen molar-refractivity contribution in [3.8, 4) is 0 Å². The molecule has 0 spiro atoms. The van der Waals surface area contributed by atoms with Crippen LogP contribution in [-0.4, -0.2) is 57.0 Å². The van der Waals surface area contributed by atoms with Gasteiger partial charge in [0.25, 0.3) is 0 Å². The van der Waals surface area contributed by atoms with Crippen LogP contribution in [0.25, 0.3) is 0 Å². The first-order chi connectivity index (χ1) is 8.27. The van der Waals surface area contributed by atoms with Gasteiger partial charge in [0, 0.05) is 26.3 Å². The van der Waals surface area contributed by atoms with Crippen molar-refractivity contribution in [2.45, 2.75) is 31.2 Å². The lowest BCUT2D eigenvalue weighted by Gasteiger charge is -2.43. The van der Waals surface area contributed by atoms with Gasteiger partial charge in [-0.2, -0.15) is 0 Å². The predicted octanol–water partition coefficient (Wildman–Crippen LogP) is 0.853. The van der Waals surface area contributed by atoms with Crippen LogP contribution in [0.15, 0.2) is 0 Å². The van der Waals surface area contributed by atoms with Crippen LogP contribution in [0, 0.1) is 5.92 Å². The second-order valence-electron chi connectivity index (χ2n) is 5.52. The number of nitrogens with two attached hydrogens (primary N) is 1. The lowest BCUT2D eigenvalue weighted by molar-refractivity contribution is -0.0429. The van der Waals surface area contributed by atoms with E-state index in [-0.39, 0.29) is 5.54 Å². The van der Waals surface area contributed by atoms with Crippen molar-refractivity contribution < 1.29 is 9.47 Å². The minimum absolute atomic E-state index is 0.0428. The van der Waals surface area contributed by atoms with Crippen molar-refractivity contribution in [3.63, 3.8) is 0 Å². The topological polar surface area (TPSA) is 47.7 Å². The Labute approximate surface area is 104 Å². The molecule has 100 valence electrons. The van der Waals surface area contributed by atoms with E-state index < -0.39 is 0 Å². The summed E-state index contributed by atoms with van der Waals surface area (Å²) in [5, 5.41) is 0. The summed E-state index contributed by atoms with van der Waals surface area (Å²) in [6.45, 7) is 5.03. The molecule has 1 saturated heterocycles. The molecule has 2 aliphatic rings. The number of hydrogen-bond acceptors (Lipinski definition) is 4. The highest BCUT2D eigenvalue weighted by molar-refractivity contribution is 4.92. The zero-order chi connectivity index (χ0) is 12.1. The van der Waals surface area contributed by atoms with E-state index in [0.717, 1.165) is 51.7 Å². The van der Waals surface area contributed by atoms with Gasteiger partial charge in [-0.15, -0.1) is 0 Å². The molecule has 1 saturated carbocycles. The molecule has 2 fully saturated rings. The zero-order valence-electron chi connectivity index (χ0n) is 11.0. The van der Waals surface area contributed by atoms with E-state index in [4.69, 9.17) is 15.2 Å². The van der Waals surface area contributed by atoms with Gasteiger partial charge in [-0.1, -0.05) is 0 Å². The van der Waals surface area contributed by atoms with E-state index in [9.17, 15) is 0 Å².